The topological polar surface area (TPSA) is 99.8 Å². The number of carbonyl (C=O) groups is 1. The van der Waals surface area contributed by atoms with E-state index in [-0.39, 0.29) is 23.3 Å². The van der Waals surface area contributed by atoms with Crippen LogP contribution < -0.4 is 20.9 Å². The van der Waals surface area contributed by atoms with Crippen molar-refractivity contribution in [3.05, 3.63) is 59.4 Å². The summed E-state index contributed by atoms with van der Waals surface area (Å²) in [7, 11) is -2.48. The number of nitrogens with zero attached hydrogens (tertiary/aromatic N) is 1. The Bertz CT molecular complexity index is 1050. The van der Waals surface area contributed by atoms with Crippen LogP contribution in [-0.4, -0.2) is 45.0 Å². The number of likely N-dealkylation sites (N-methyl/N-ethyl adjacent to an activating group) is 1. The highest BCUT2D eigenvalue weighted by Crippen LogP contribution is 2.24. The smallest absolute Gasteiger partial charge is 0.243 e. The standard InChI is InChI=1S/C21H27FN4O4S/c1-4-30-19-9-8-17(10-14(19)2)31(28,29)26(3)13-21(27)23-20-12-18(24-25-20)15-6-5-7-16(22)11-15/h5-11,18,20,24-25H,4,12-13H2,1-3H3,(H,23,27). The fourth-order valence-electron chi connectivity index (χ4n) is 3.40. The Hall–Kier alpha value is -2.53. The van der Waals surface area contributed by atoms with Gasteiger partial charge in [0.15, 0.2) is 0 Å². The van der Waals surface area contributed by atoms with Crippen molar-refractivity contribution in [2.24, 2.45) is 0 Å². The lowest BCUT2D eigenvalue weighted by atomic mass is 10.0. The lowest BCUT2D eigenvalue weighted by Crippen LogP contribution is -2.48. The number of benzene rings is 2. The minimum Gasteiger partial charge on any atom is -0.494 e. The van der Waals surface area contributed by atoms with Gasteiger partial charge in [-0.25, -0.2) is 23.7 Å². The second kappa shape index (κ2) is 9.73. The number of hydrazine groups is 1. The fourth-order valence-corrected chi connectivity index (χ4v) is 4.61. The number of aryl methyl sites for hydroxylation is 1. The number of ether oxygens (including phenoxy) is 1. The molecule has 0 radical (unpaired) electrons. The molecule has 2 aromatic rings. The quantitative estimate of drug-likeness (QED) is 0.568. The van der Waals surface area contributed by atoms with Crippen LogP contribution in [0.15, 0.2) is 47.4 Å². The van der Waals surface area contributed by atoms with E-state index in [0.717, 1.165) is 9.87 Å². The van der Waals surface area contributed by atoms with Crippen LogP contribution in [0.5, 0.6) is 5.75 Å². The van der Waals surface area contributed by atoms with E-state index in [0.29, 0.717) is 24.3 Å². The van der Waals surface area contributed by atoms with Crippen molar-refractivity contribution in [2.45, 2.75) is 37.4 Å². The van der Waals surface area contributed by atoms with Gasteiger partial charge in [-0.15, -0.1) is 0 Å². The van der Waals surface area contributed by atoms with E-state index in [1.165, 1.54) is 31.3 Å². The Balaban J connectivity index is 1.58. The third kappa shape index (κ3) is 5.59. The zero-order chi connectivity index (χ0) is 22.6. The predicted molar refractivity (Wildman–Crippen MR) is 114 cm³/mol. The van der Waals surface area contributed by atoms with Crippen molar-refractivity contribution in [3.63, 3.8) is 0 Å². The highest BCUT2D eigenvalue weighted by molar-refractivity contribution is 7.89. The summed E-state index contributed by atoms with van der Waals surface area (Å²) in [5.74, 6) is -0.162. The van der Waals surface area contributed by atoms with Crippen molar-refractivity contribution in [1.82, 2.24) is 20.5 Å². The summed E-state index contributed by atoms with van der Waals surface area (Å²) in [6.07, 6.45) is 0.0774. The van der Waals surface area contributed by atoms with E-state index in [9.17, 15) is 17.6 Å². The van der Waals surface area contributed by atoms with Gasteiger partial charge in [-0.2, -0.15) is 4.31 Å². The average molecular weight is 451 g/mol. The molecule has 168 valence electrons. The first-order valence-electron chi connectivity index (χ1n) is 9.96. The van der Waals surface area contributed by atoms with Crippen LogP contribution in [-0.2, 0) is 14.8 Å². The zero-order valence-electron chi connectivity index (χ0n) is 17.7. The van der Waals surface area contributed by atoms with Gasteiger partial charge < -0.3 is 10.1 Å². The monoisotopic (exact) mass is 450 g/mol. The second-order valence-corrected chi connectivity index (χ2v) is 9.42. The maximum Gasteiger partial charge on any atom is 0.243 e. The first kappa shape index (κ1) is 23.1. The van der Waals surface area contributed by atoms with Gasteiger partial charge in [0.25, 0.3) is 0 Å². The van der Waals surface area contributed by atoms with Crippen molar-refractivity contribution in [1.29, 1.82) is 0 Å². The molecular weight excluding hydrogens is 423 g/mol. The van der Waals surface area contributed by atoms with E-state index in [2.05, 4.69) is 16.2 Å². The molecule has 31 heavy (non-hydrogen) atoms. The molecule has 10 heteroatoms. The van der Waals surface area contributed by atoms with Crippen molar-refractivity contribution in [2.75, 3.05) is 20.2 Å². The van der Waals surface area contributed by atoms with Gasteiger partial charge in [-0.3, -0.25) is 4.79 Å². The van der Waals surface area contributed by atoms with Crippen LogP contribution >= 0.6 is 0 Å². The van der Waals surface area contributed by atoms with Crippen LogP contribution in [0, 0.1) is 12.7 Å². The largest absolute Gasteiger partial charge is 0.494 e. The Morgan fingerprint density at radius 3 is 2.71 bits per heavy atom. The number of amides is 1. The first-order chi connectivity index (χ1) is 14.7. The third-order valence-electron chi connectivity index (χ3n) is 5.01. The van der Waals surface area contributed by atoms with E-state index in [4.69, 9.17) is 4.74 Å². The first-order valence-corrected chi connectivity index (χ1v) is 11.4. The lowest BCUT2D eigenvalue weighted by molar-refractivity contribution is -0.121. The Morgan fingerprint density at radius 1 is 1.26 bits per heavy atom. The molecule has 0 aliphatic carbocycles. The minimum absolute atomic E-state index is 0.0931. The molecule has 0 aromatic heterocycles. The van der Waals surface area contributed by atoms with Gasteiger partial charge in [-0.05, 0) is 55.3 Å². The van der Waals surface area contributed by atoms with E-state index < -0.39 is 22.1 Å². The summed E-state index contributed by atoms with van der Waals surface area (Å²) >= 11 is 0. The normalized spacial score (nSPS) is 18.9. The molecule has 3 rings (SSSR count). The maximum atomic E-state index is 13.4. The van der Waals surface area contributed by atoms with Gasteiger partial charge in [-0.1, -0.05) is 12.1 Å². The molecule has 1 fully saturated rings. The Labute approximate surface area is 181 Å². The SMILES string of the molecule is CCOc1ccc(S(=O)(=O)N(C)CC(=O)NC2CC(c3cccc(F)c3)NN2)cc1C. The number of hydrogen-bond acceptors (Lipinski definition) is 6. The van der Waals surface area contributed by atoms with Gasteiger partial charge in [0, 0.05) is 19.5 Å². The number of nitrogens with one attached hydrogen (secondary N) is 3. The van der Waals surface area contributed by atoms with Gasteiger partial charge >= 0.3 is 0 Å². The van der Waals surface area contributed by atoms with Crippen molar-refractivity contribution < 1.29 is 22.3 Å². The van der Waals surface area contributed by atoms with Crippen LogP contribution in [0.3, 0.4) is 0 Å². The molecule has 0 spiro atoms. The third-order valence-corrected chi connectivity index (χ3v) is 6.81. The van der Waals surface area contributed by atoms with E-state index in [1.807, 2.05) is 6.92 Å². The van der Waals surface area contributed by atoms with Crippen LogP contribution in [0.1, 0.15) is 30.5 Å². The Kier molecular flexibility index (Phi) is 7.26. The molecule has 2 atom stereocenters. The number of halogens is 1. The summed E-state index contributed by atoms with van der Waals surface area (Å²) in [6.45, 7) is 3.77. The summed E-state index contributed by atoms with van der Waals surface area (Å²) < 4.78 is 45.5. The summed E-state index contributed by atoms with van der Waals surface area (Å²) in [4.78, 5) is 12.5. The lowest BCUT2D eigenvalue weighted by Gasteiger charge is -2.19. The molecule has 1 heterocycles. The molecule has 2 aromatic carbocycles. The number of carbonyl (C=O) groups excluding carboxylic acids is 1. The molecule has 0 bridgehead atoms. The van der Waals surface area contributed by atoms with Crippen molar-refractivity contribution >= 4 is 15.9 Å². The summed E-state index contributed by atoms with van der Waals surface area (Å²) in [5.41, 5.74) is 7.41. The molecule has 1 saturated heterocycles. The summed E-state index contributed by atoms with van der Waals surface area (Å²) in [5, 5.41) is 2.75. The van der Waals surface area contributed by atoms with Gasteiger partial charge in [0.1, 0.15) is 11.6 Å². The van der Waals surface area contributed by atoms with Gasteiger partial charge in [0.2, 0.25) is 15.9 Å². The summed E-state index contributed by atoms with van der Waals surface area (Å²) in [6, 6.07) is 10.7. The molecule has 1 amide bonds. The molecule has 0 saturated carbocycles. The average Bonchev–Trinajstić information content (AvgIpc) is 3.17. The van der Waals surface area contributed by atoms with Crippen molar-refractivity contribution in [3.8, 4) is 5.75 Å². The minimum atomic E-state index is -3.84. The van der Waals surface area contributed by atoms with Gasteiger partial charge in [0.05, 0.1) is 24.2 Å². The molecule has 1 aliphatic heterocycles. The highest BCUT2D eigenvalue weighted by atomic mass is 32.2. The number of rotatable bonds is 8. The van der Waals surface area contributed by atoms with Crippen LogP contribution in [0.4, 0.5) is 4.39 Å². The maximum absolute atomic E-state index is 13.4. The molecule has 1 aliphatic rings. The van der Waals surface area contributed by atoms with Crippen LogP contribution in [0.2, 0.25) is 0 Å². The second-order valence-electron chi connectivity index (χ2n) is 7.37. The molecule has 2 unspecified atom stereocenters. The van der Waals surface area contributed by atoms with Crippen LogP contribution in [0.25, 0.3) is 0 Å². The Morgan fingerprint density at radius 2 is 2.03 bits per heavy atom. The highest BCUT2D eigenvalue weighted by Gasteiger charge is 2.28. The predicted octanol–water partition coefficient (Wildman–Crippen LogP) is 1.83. The number of hydrogen-bond donors (Lipinski definition) is 3. The molecular formula is C21H27FN4O4S. The van der Waals surface area contributed by atoms with E-state index in [1.54, 1.807) is 25.1 Å². The zero-order valence-corrected chi connectivity index (χ0v) is 18.5. The number of sulfonamides is 1. The molecule has 8 nitrogen and oxygen atoms in total. The molecule has 3 N–H and O–H groups in total. The van der Waals surface area contributed by atoms with E-state index >= 15 is 0 Å². The fraction of sp³-hybridized carbons (Fsp3) is 0.381.